The summed E-state index contributed by atoms with van der Waals surface area (Å²) in [7, 11) is 0. The first-order chi connectivity index (χ1) is 10.7. The molecule has 3 N–H and O–H groups in total. The summed E-state index contributed by atoms with van der Waals surface area (Å²) in [5, 5.41) is 20.1. The van der Waals surface area contributed by atoms with Crippen LogP contribution in [0, 0.1) is 6.92 Å². The highest BCUT2D eigenvalue weighted by molar-refractivity contribution is 5.84. The van der Waals surface area contributed by atoms with Gasteiger partial charge in [-0.1, -0.05) is 24.3 Å². The van der Waals surface area contributed by atoms with Gasteiger partial charge in [0.2, 0.25) is 5.91 Å². The molecule has 5 nitrogen and oxygen atoms in total. The Bertz CT molecular complexity index is 665. The van der Waals surface area contributed by atoms with Crippen molar-refractivity contribution in [3.8, 4) is 0 Å². The molecular formula is C17H21N3O2. The van der Waals surface area contributed by atoms with E-state index in [9.17, 15) is 9.90 Å². The molecule has 116 valence electrons. The summed E-state index contributed by atoms with van der Waals surface area (Å²) in [5.74, 6) is -0.193. The number of aliphatic hydroxyl groups excluding tert-OH is 1. The number of aliphatic hydroxyl groups is 1. The second kappa shape index (κ2) is 6.32. The van der Waals surface area contributed by atoms with Crippen molar-refractivity contribution >= 4 is 5.91 Å². The topological polar surface area (TPSA) is 78.0 Å². The van der Waals surface area contributed by atoms with Crippen LogP contribution < -0.4 is 5.32 Å². The van der Waals surface area contributed by atoms with Gasteiger partial charge in [-0.25, -0.2) is 0 Å². The van der Waals surface area contributed by atoms with Crippen molar-refractivity contribution in [1.82, 2.24) is 15.5 Å². The average Bonchev–Trinajstić information content (AvgIpc) is 3.01. The summed E-state index contributed by atoms with van der Waals surface area (Å²) in [5.41, 5.74) is 3.94. The number of aromatic amines is 1. The van der Waals surface area contributed by atoms with E-state index in [1.54, 1.807) is 6.20 Å². The number of hydrogen-bond acceptors (Lipinski definition) is 3. The first kappa shape index (κ1) is 14.8. The third kappa shape index (κ3) is 2.90. The number of benzene rings is 1. The molecule has 1 aliphatic rings. The Morgan fingerprint density at radius 1 is 1.50 bits per heavy atom. The molecule has 0 saturated carbocycles. The fraction of sp³-hybridized carbons (Fsp3) is 0.412. The Hall–Kier alpha value is -2.14. The molecule has 3 rings (SSSR count). The molecule has 2 atom stereocenters. The molecule has 0 fully saturated rings. The maximum absolute atomic E-state index is 12.4. The predicted molar refractivity (Wildman–Crippen MR) is 83.4 cm³/mol. The monoisotopic (exact) mass is 299 g/mol. The molecule has 0 aliphatic heterocycles. The summed E-state index contributed by atoms with van der Waals surface area (Å²) in [4.78, 5) is 12.4. The zero-order valence-corrected chi connectivity index (χ0v) is 12.7. The van der Waals surface area contributed by atoms with Crippen molar-refractivity contribution in [2.75, 3.05) is 6.54 Å². The van der Waals surface area contributed by atoms with Gasteiger partial charge in [-0.15, -0.1) is 0 Å². The third-order valence-corrected chi connectivity index (χ3v) is 4.38. The molecule has 1 aromatic heterocycles. The standard InChI is InChI=1S/C17H21N3O2/c1-11-5-2-3-6-12(11)16(21)10-18-17(22)13-7-4-8-15-14(13)9-19-20-15/h2-3,5-6,9,13,16,21H,4,7-8,10H2,1H3,(H,18,22)(H,19,20). The molecule has 2 aromatic rings. The normalized spacial score (nSPS) is 18.5. The molecule has 1 heterocycles. The van der Waals surface area contributed by atoms with Gasteiger partial charge in [-0.2, -0.15) is 5.10 Å². The number of nitrogens with one attached hydrogen (secondary N) is 2. The lowest BCUT2D eigenvalue weighted by molar-refractivity contribution is -0.123. The van der Waals surface area contributed by atoms with Crippen LogP contribution in [0.5, 0.6) is 0 Å². The molecule has 5 heteroatoms. The summed E-state index contributed by atoms with van der Waals surface area (Å²) in [6, 6.07) is 7.68. The highest BCUT2D eigenvalue weighted by Crippen LogP contribution is 2.30. The van der Waals surface area contributed by atoms with E-state index in [2.05, 4.69) is 15.5 Å². The Kier molecular flexibility index (Phi) is 4.24. The lowest BCUT2D eigenvalue weighted by atomic mass is 9.86. The number of amides is 1. The van der Waals surface area contributed by atoms with Gasteiger partial charge in [0.15, 0.2) is 0 Å². The van der Waals surface area contributed by atoms with E-state index in [4.69, 9.17) is 0 Å². The first-order valence-electron chi connectivity index (χ1n) is 7.70. The number of aromatic nitrogens is 2. The van der Waals surface area contributed by atoms with E-state index in [1.165, 1.54) is 0 Å². The Morgan fingerprint density at radius 2 is 2.32 bits per heavy atom. The van der Waals surface area contributed by atoms with Crippen molar-refractivity contribution in [3.63, 3.8) is 0 Å². The molecule has 0 radical (unpaired) electrons. The fourth-order valence-corrected chi connectivity index (χ4v) is 3.12. The Morgan fingerprint density at radius 3 is 3.14 bits per heavy atom. The second-order valence-corrected chi connectivity index (χ2v) is 5.87. The van der Waals surface area contributed by atoms with Crippen molar-refractivity contribution in [3.05, 3.63) is 52.8 Å². The van der Waals surface area contributed by atoms with Gasteiger partial charge in [0.25, 0.3) is 0 Å². The zero-order valence-electron chi connectivity index (χ0n) is 12.7. The van der Waals surface area contributed by atoms with Crippen LogP contribution in [0.4, 0.5) is 0 Å². The molecule has 22 heavy (non-hydrogen) atoms. The largest absolute Gasteiger partial charge is 0.387 e. The van der Waals surface area contributed by atoms with Crippen molar-refractivity contribution in [2.45, 2.75) is 38.2 Å². The number of aryl methyl sites for hydroxylation is 2. The minimum Gasteiger partial charge on any atom is -0.387 e. The van der Waals surface area contributed by atoms with Gasteiger partial charge >= 0.3 is 0 Å². The van der Waals surface area contributed by atoms with Crippen LogP contribution in [0.3, 0.4) is 0 Å². The smallest absolute Gasteiger partial charge is 0.227 e. The van der Waals surface area contributed by atoms with Crippen molar-refractivity contribution in [1.29, 1.82) is 0 Å². The molecule has 1 amide bonds. The van der Waals surface area contributed by atoms with Crippen LogP contribution in [0.1, 0.15) is 47.2 Å². The number of H-pyrrole nitrogens is 1. The first-order valence-corrected chi connectivity index (χ1v) is 7.70. The summed E-state index contributed by atoms with van der Waals surface area (Å²) in [6.07, 6.45) is 3.83. The maximum Gasteiger partial charge on any atom is 0.227 e. The fourth-order valence-electron chi connectivity index (χ4n) is 3.12. The van der Waals surface area contributed by atoms with Crippen LogP contribution in [0.25, 0.3) is 0 Å². The van der Waals surface area contributed by atoms with Gasteiger partial charge < -0.3 is 10.4 Å². The summed E-state index contributed by atoms with van der Waals surface area (Å²) >= 11 is 0. The Balaban J connectivity index is 1.63. The number of fused-ring (bicyclic) bond motifs is 1. The van der Waals surface area contributed by atoms with Crippen molar-refractivity contribution in [2.24, 2.45) is 0 Å². The lowest BCUT2D eigenvalue weighted by Crippen LogP contribution is -2.34. The van der Waals surface area contributed by atoms with E-state index < -0.39 is 6.10 Å². The van der Waals surface area contributed by atoms with Gasteiger partial charge in [-0.3, -0.25) is 9.89 Å². The minimum absolute atomic E-state index is 0.0324. The second-order valence-electron chi connectivity index (χ2n) is 5.87. The van der Waals surface area contributed by atoms with E-state index in [-0.39, 0.29) is 18.4 Å². The SMILES string of the molecule is Cc1ccccc1C(O)CNC(=O)C1CCCc2[nH]ncc21. The number of nitrogens with zero attached hydrogens (tertiary/aromatic N) is 1. The number of rotatable bonds is 4. The average molecular weight is 299 g/mol. The van der Waals surface area contributed by atoms with Crippen LogP contribution in [0.15, 0.2) is 30.5 Å². The molecule has 1 aromatic carbocycles. The third-order valence-electron chi connectivity index (χ3n) is 4.38. The zero-order chi connectivity index (χ0) is 15.5. The van der Waals surface area contributed by atoms with Crippen molar-refractivity contribution < 1.29 is 9.90 Å². The van der Waals surface area contributed by atoms with Gasteiger partial charge in [0.1, 0.15) is 0 Å². The van der Waals surface area contributed by atoms with Crippen LogP contribution in [-0.4, -0.2) is 27.8 Å². The molecule has 0 saturated heterocycles. The van der Waals surface area contributed by atoms with E-state index in [0.717, 1.165) is 41.6 Å². The maximum atomic E-state index is 12.4. The molecule has 2 unspecified atom stereocenters. The number of hydrogen-bond donors (Lipinski definition) is 3. The highest BCUT2D eigenvalue weighted by atomic mass is 16.3. The minimum atomic E-state index is -0.683. The van der Waals surface area contributed by atoms with E-state index in [1.807, 2.05) is 31.2 Å². The molecule has 0 spiro atoms. The van der Waals surface area contributed by atoms with Gasteiger partial charge in [-0.05, 0) is 37.3 Å². The molecule has 0 bridgehead atoms. The van der Waals surface area contributed by atoms with Crippen LogP contribution >= 0.6 is 0 Å². The number of carbonyl (C=O) groups excluding carboxylic acids is 1. The molecular weight excluding hydrogens is 278 g/mol. The predicted octanol–water partition coefficient (Wildman–Crippen LogP) is 1.99. The van der Waals surface area contributed by atoms with E-state index >= 15 is 0 Å². The molecule has 1 aliphatic carbocycles. The summed E-state index contributed by atoms with van der Waals surface area (Å²) in [6.45, 7) is 2.19. The highest BCUT2D eigenvalue weighted by Gasteiger charge is 2.28. The number of carbonyl (C=O) groups is 1. The summed E-state index contributed by atoms with van der Waals surface area (Å²) < 4.78 is 0. The lowest BCUT2D eigenvalue weighted by Gasteiger charge is -2.22. The quantitative estimate of drug-likeness (QED) is 0.808. The van der Waals surface area contributed by atoms with Gasteiger partial charge in [0, 0.05) is 17.8 Å². The van der Waals surface area contributed by atoms with Crippen LogP contribution in [0.2, 0.25) is 0 Å². The van der Waals surface area contributed by atoms with E-state index in [0.29, 0.717) is 0 Å². The van der Waals surface area contributed by atoms with Crippen LogP contribution in [-0.2, 0) is 11.2 Å². The van der Waals surface area contributed by atoms with Gasteiger partial charge in [0.05, 0.1) is 18.2 Å². The Labute approximate surface area is 129 Å².